The highest BCUT2D eigenvalue weighted by Crippen LogP contribution is 2.34. The third kappa shape index (κ3) is 12.4. The topological polar surface area (TPSA) is 134 Å². The molecule has 0 radical (unpaired) electrons. The lowest BCUT2D eigenvalue weighted by molar-refractivity contribution is 0.0897. The zero-order valence-corrected chi connectivity index (χ0v) is 38.0. The molecule has 1 N–H and O–H groups in total. The van der Waals surface area contributed by atoms with Crippen molar-refractivity contribution in [2.75, 3.05) is 39.5 Å². The Hall–Kier alpha value is -5.29. The van der Waals surface area contributed by atoms with Gasteiger partial charge in [-0.25, -0.2) is 9.97 Å². The molecule has 0 aliphatic heterocycles. The number of hydrogen-bond donors (Lipinski definition) is 1. The first-order valence-corrected chi connectivity index (χ1v) is 27.8. The average Bonchev–Trinajstić information content (AvgIpc) is 3.77. The quantitative estimate of drug-likeness (QED) is 0.0664. The molecular formula is C46H59N7O4Si2. The highest BCUT2D eigenvalue weighted by molar-refractivity contribution is 6.76. The first-order valence-electron chi connectivity index (χ1n) is 20.4. The van der Waals surface area contributed by atoms with Crippen LogP contribution < -0.4 is 4.74 Å². The summed E-state index contributed by atoms with van der Waals surface area (Å²) in [6.45, 7) is 24.1. The number of hydrogen-bond acceptors (Lipinski definition) is 9. The number of benzene rings is 2. The summed E-state index contributed by atoms with van der Waals surface area (Å²) in [6, 6.07) is 25.7. The predicted octanol–water partition coefficient (Wildman–Crippen LogP) is 10.2. The Bertz CT molecular complexity index is 2400. The molecule has 0 fully saturated rings. The second-order valence-corrected chi connectivity index (χ2v) is 28.3. The van der Waals surface area contributed by atoms with Crippen molar-refractivity contribution in [2.24, 2.45) is 0 Å². The number of likely N-dealkylation sites (N-methyl/N-ethyl adjacent to an activating group) is 1. The van der Waals surface area contributed by atoms with Gasteiger partial charge in [0.1, 0.15) is 55.0 Å². The van der Waals surface area contributed by atoms with E-state index in [2.05, 4.69) is 86.2 Å². The number of phenols is 1. The van der Waals surface area contributed by atoms with Gasteiger partial charge in [0.25, 0.3) is 0 Å². The molecule has 0 bridgehead atoms. The molecule has 0 saturated carbocycles. The minimum absolute atomic E-state index is 0.195. The predicted molar refractivity (Wildman–Crippen MR) is 243 cm³/mol. The fourth-order valence-electron chi connectivity index (χ4n) is 6.62. The highest BCUT2D eigenvalue weighted by atomic mass is 28.3. The summed E-state index contributed by atoms with van der Waals surface area (Å²) in [7, 11) is -2.28. The van der Waals surface area contributed by atoms with E-state index in [4.69, 9.17) is 14.2 Å². The van der Waals surface area contributed by atoms with Crippen LogP contribution in [0.2, 0.25) is 51.4 Å². The van der Waals surface area contributed by atoms with E-state index in [9.17, 15) is 15.6 Å². The highest BCUT2D eigenvalue weighted by Gasteiger charge is 2.18. The van der Waals surface area contributed by atoms with Crippen LogP contribution in [-0.4, -0.2) is 84.7 Å². The number of aromatic nitrogens is 4. The third-order valence-electron chi connectivity index (χ3n) is 10.1. The van der Waals surface area contributed by atoms with Gasteiger partial charge in [0.15, 0.2) is 0 Å². The Labute approximate surface area is 351 Å². The minimum atomic E-state index is -1.15. The molecule has 6 aromatic rings. The van der Waals surface area contributed by atoms with E-state index in [0.29, 0.717) is 37.8 Å². The molecular weight excluding hydrogens is 771 g/mol. The summed E-state index contributed by atoms with van der Waals surface area (Å²) >= 11 is 0. The van der Waals surface area contributed by atoms with Crippen LogP contribution in [0.25, 0.3) is 44.3 Å². The van der Waals surface area contributed by atoms with Crippen molar-refractivity contribution in [3.8, 4) is 45.9 Å². The van der Waals surface area contributed by atoms with Crippen molar-refractivity contribution in [3.63, 3.8) is 0 Å². The number of ether oxygens (including phenoxy) is 3. The molecule has 11 nitrogen and oxygen atoms in total. The van der Waals surface area contributed by atoms with Crippen LogP contribution in [0.4, 0.5) is 0 Å². The minimum Gasteiger partial charge on any atom is -0.508 e. The van der Waals surface area contributed by atoms with E-state index in [-0.39, 0.29) is 5.75 Å². The number of rotatable bonds is 18. The second-order valence-electron chi connectivity index (χ2n) is 17.0. The Morgan fingerprint density at radius 2 is 1.17 bits per heavy atom. The van der Waals surface area contributed by atoms with E-state index < -0.39 is 16.1 Å². The summed E-state index contributed by atoms with van der Waals surface area (Å²) in [5.74, 6) is 1.03. The van der Waals surface area contributed by atoms with Gasteiger partial charge in [-0.3, -0.25) is 0 Å². The maximum Gasteiger partial charge on any atom is 0.143 e. The van der Waals surface area contributed by atoms with E-state index in [1.54, 1.807) is 36.8 Å². The lowest BCUT2D eigenvalue weighted by Crippen LogP contribution is -2.27. The normalized spacial score (nSPS) is 11.7. The van der Waals surface area contributed by atoms with Crippen molar-refractivity contribution >= 4 is 38.2 Å². The summed E-state index contributed by atoms with van der Waals surface area (Å²) in [6.07, 6.45) is 7.16. The standard InChI is InChI=1S/C26H36N4O2Si.C20H23N3O2Si/c1-6-29(7-2)13-14-32-23-10-8-9-21(17-23)24-11-12-28-26-25(24)22(18-27)19-30(26)20-31-15-16-33(3,4)5;1-26(2,3)10-9-25-14-23-13-16(12-21)19-18(7-8-22-20(19)23)15-5-4-6-17(24)11-15/h8-12,17,19H,6-7,13-16,20H2,1-5H3;4-8,11,13,24H,9-10,14H2,1-3H3. The van der Waals surface area contributed by atoms with Gasteiger partial charge in [-0.1, -0.05) is 77.4 Å². The number of phenolic OH excluding ortho intramolecular Hbond substituents is 1. The summed E-state index contributed by atoms with van der Waals surface area (Å²) < 4.78 is 21.6. The molecule has 310 valence electrons. The van der Waals surface area contributed by atoms with Gasteiger partial charge in [-0.2, -0.15) is 10.5 Å². The van der Waals surface area contributed by atoms with E-state index in [1.807, 2.05) is 51.7 Å². The Morgan fingerprint density at radius 1 is 0.678 bits per heavy atom. The molecule has 59 heavy (non-hydrogen) atoms. The number of nitriles is 2. The smallest absolute Gasteiger partial charge is 0.143 e. The van der Waals surface area contributed by atoms with Crippen LogP contribution in [-0.2, 0) is 22.9 Å². The monoisotopic (exact) mass is 829 g/mol. The van der Waals surface area contributed by atoms with Crippen LogP contribution in [0.3, 0.4) is 0 Å². The fraction of sp³-hybridized carbons (Fsp3) is 0.391. The fourth-order valence-corrected chi connectivity index (χ4v) is 8.13. The van der Waals surface area contributed by atoms with Gasteiger partial charge in [0.05, 0.1) is 11.1 Å². The Morgan fingerprint density at radius 3 is 1.63 bits per heavy atom. The number of pyridine rings is 2. The molecule has 6 rings (SSSR count). The summed E-state index contributed by atoms with van der Waals surface area (Å²) in [4.78, 5) is 11.4. The van der Waals surface area contributed by atoms with E-state index in [0.717, 1.165) is 88.4 Å². The maximum atomic E-state index is 9.81. The molecule has 0 amide bonds. The maximum absolute atomic E-state index is 9.81. The molecule has 0 aliphatic rings. The molecule has 4 aromatic heterocycles. The van der Waals surface area contributed by atoms with Crippen molar-refractivity contribution in [3.05, 3.63) is 96.6 Å². The first-order chi connectivity index (χ1) is 28.2. The molecule has 2 aromatic carbocycles. The van der Waals surface area contributed by atoms with Crippen molar-refractivity contribution in [1.29, 1.82) is 10.5 Å². The molecule has 4 heterocycles. The lowest BCUT2D eigenvalue weighted by Gasteiger charge is -2.18. The van der Waals surface area contributed by atoms with Gasteiger partial charge >= 0.3 is 0 Å². The largest absolute Gasteiger partial charge is 0.508 e. The number of fused-ring (bicyclic) bond motifs is 2. The number of nitrogens with zero attached hydrogens (tertiary/aromatic N) is 7. The van der Waals surface area contributed by atoms with Crippen LogP contribution in [0.15, 0.2) is 85.5 Å². The van der Waals surface area contributed by atoms with Crippen LogP contribution in [0.1, 0.15) is 25.0 Å². The van der Waals surface area contributed by atoms with Gasteiger partial charge in [0.2, 0.25) is 0 Å². The van der Waals surface area contributed by atoms with Crippen molar-refractivity contribution in [1.82, 2.24) is 24.0 Å². The second kappa shape index (κ2) is 20.6. The van der Waals surface area contributed by atoms with E-state index in [1.165, 1.54) is 0 Å². The third-order valence-corrected chi connectivity index (χ3v) is 13.5. The average molecular weight is 830 g/mol. The lowest BCUT2D eigenvalue weighted by atomic mass is 10.0. The number of aromatic hydroxyl groups is 1. The van der Waals surface area contributed by atoms with Crippen LogP contribution in [0, 0.1) is 22.7 Å². The molecule has 0 spiro atoms. The SMILES string of the molecule is CCN(CC)CCOc1cccc(-c2ccnc3c2c(C#N)cn3COCC[Si](C)(C)C)c1.C[Si](C)(C)CCOCn1cc(C#N)c2c(-c3cccc(O)c3)ccnc21. The van der Waals surface area contributed by atoms with Gasteiger partial charge < -0.3 is 33.4 Å². The van der Waals surface area contributed by atoms with Crippen LogP contribution in [0.5, 0.6) is 11.5 Å². The first kappa shape index (κ1) is 44.8. The van der Waals surface area contributed by atoms with Gasteiger partial charge in [-0.05, 0) is 83.8 Å². The molecule has 0 aliphatic carbocycles. The molecule has 0 saturated heterocycles. The van der Waals surface area contributed by atoms with Crippen molar-refractivity contribution < 1.29 is 19.3 Å². The Kier molecular flexibility index (Phi) is 15.6. The Balaban J connectivity index is 0.000000230. The molecule has 13 heteroatoms. The zero-order chi connectivity index (χ0) is 42.6. The molecule has 0 atom stereocenters. The zero-order valence-electron chi connectivity index (χ0n) is 36.0. The van der Waals surface area contributed by atoms with Crippen molar-refractivity contribution in [2.45, 2.75) is 78.7 Å². The molecule has 0 unspecified atom stereocenters. The summed E-state index contributed by atoms with van der Waals surface area (Å²) in [5, 5.41) is 30.8. The van der Waals surface area contributed by atoms with E-state index >= 15 is 0 Å². The van der Waals surface area contributed by atoms with Gasteiger partial charge in [0, 0.05) is 71.5 Å². The van der Waals surface area contributed by atoms with Crippen LogP contribution >= 0.6 is 0 Å². The van der Waals surface area contributed by atoms with Gasteiger partial charge in [-0.15, -0.1) is 0 Å². The summed E-state index contributed by atoms with van der Waals surface area (Å²) in [5.41, 5.74) is 6.37.